The molecule has 0 spiro atoms. The van der Waals surface area contributed by atoms with Crippen molar-refractivity contribution in [1.29, 1.82) is 0 Å². The number of hydrogen-bond donors (Lipinski definition) is 2. The zero-order valence-corrected chi connectivity index (χ0v) is 9.29. The summed E-state index contributed by atoms with van der Waals surface area (Å²) < 4.78 is 5.44. The van der Waals surface area contributed by atoms with Gasteiger partial charge < -0.3 is 15.4 Å². The lowest BCUT2D eigenvalue weighted by molar-refractivity contribution is -0.129. The largest absolute Gasteiger partial charge is 0.375 e. The molecule has 1 amide bonds. The molecule has 0 aromatic rings. The highest BCUT2D eigenvalue weighted by atomic mass is 16.5. The van der Waals surface area contributed by atoms with Crippen LogP contribution in [0.3, 0.4) is 0 Å². The Morgan fingerprint density at radius 2 is 2.33 bits per heavy atom. The molecule has 86 valence electrons. The maximum absolute atomic E-state index is 11.8. The van der Waals surface area contributed by atoms with E-state index >= 15 is 0 Å². The molecule has 0 radical (unpaired) electrons. The Bertz CT molecular complexity index is 229. The summed E-state index contributed by atoms with van der Waals surface area (Å²) >= 11 is 0. The Morgan fingerprint density at radius 3 is 2.93 bits per heavy atom. The Kier molecular flexibility index (Phi) is 3.59. The van der Waals surface area contributed by atoms with Crippen molar-refractivity contribution < 1.29 is 9.53 Å². The second-order valence-corrected chi connectivity index (χ2v) is 4.55. The van der Waals surface area contributed by atoms with Gasteiger partial charge in [0.2, 0.25) is 5.91 Å². The van der Waals surface area contributed by atoms with Crippen LogP contribution in [0.1, 0.15) is 26.2 Å². The lowest BCUT2D eigenvalue weighted by atomic mass is 9.85. The Labute approximate surface area is 90.8 Å². The van der Waals surface area contributed by atoms with E-state index in [1.54, 1.807) is 0 Å². The number of rotatable bonds is 3. The van der Waals surface area contributed by atoms with E-state index in [-0.39, 0.29) is 18.1 Å². The molecule has 1 saturated heterocycles. The third-order valence-corrected chi connectivity index (χ3v) is 3.39. The number of ether oxygens (including phenoxy) is 1. The molecule has 1 aliphatic heterocycles. The molecule has 1 saturated carbocycles. The van der Waals surface area contributed by atoms with Crippen LogP contribution in [0.2, 0.25) is 0 Å². The summed E-state index contributed by atoms with van der Waals surface area (Å²) in [5.74, 6) is 0.808. The van der Waals surface area contributed by atoms with Crippen LogP contribution < -0.4 is 10.6 Å². The Morgan fingerprint density at radius 1 is 1.53 bits per heavy atom. The molecular formula is C11H20N2O2. The van der Waals surface area contributed by atoms with Gasteiger partial charge in [-0.3, -0.25) is 4.79 Å². The molecule has 0 aromatic carbocycles. The van der Waals surface area contributed by atoms with Gasteiger partial charge in [0, 0.05) is 13.1 Å². The van der Waals surface area contributed by atoms with Crippen LogP contribution in [-0.4, -0.2) is 37.7 Å². The first-order chi connectivity index (χ1) is 7.27. The average Bonchev–Trinajstić information content (AvgIpc) is 2.16. The molecule has 0 aromatic heterocycles. The molecule has 1 heterocycles. The van der Waals surface area contributed by atoms with Gasteiger partial charge in [0.25, 0.3) is 0 Å². The van der Waals surface area contributed by atoms with Crippen LogP contribution in [-0.2, 0) is 9.53 Å². The standard InChI is InChI=1S/C11H20N2O2/c1-8-10(12-5-6-15-8)11(14)13-7-9-3-2-4-9/h8-10,12H,2-7H2,1H3,(H,13,14)/t8-,10+/m1/s1. The number of hydrogen-bond acceptors (Lipinski definition) is 3. The monoisotopic (exact) mass is 212 g/mol. The van der Waals surface area contributed by atoms with Gasteiger partial charge in [0.1, 0.15) is 6.04 Å². The molecule has 2 aliphatic rings. The van der Waals surface area contributed by atoms with Gasteiger partial charge in [0.15, 0.2) is 0 Å². The smallest absolute Gasteiger partial charge is 0.239 e. The molecular weight excluding hydrogens is 192 g/mol. The van der Waals surface area contributed by atoms with Gasteiger partial charge in [-0.05, 0) is 25.7 Å². The first-order valence-electron chi connectivity index (χ1n) is 5.90. The Hall–Kier alpha value is -0.610. The highest BCUT2D eigenvalue weighted by Gasteiger charge is 2.28. The summed E-state index contributed by atoms with van der Waals surface area (Å²) in [6, 6.07) is -0.168. The molecule has 0 unspecified atom stereocenters. The third kappa shape index (κ3) is 2.69. The number of nitrogens with one attached hydrogen (secondary N) is 2. The fourth-order valence-corrected chi connectivity index (χ4v) is 2.08. The topological polar surface area (TPSA) is 50.4 Å². The second kappa shape index (κ2) is 4.94. The number of carbonyl (C=O) groups excluding carboxylic acids is 1. The highest BCUT2D eigenvalue weighted by molar-refractivity contribution is 5.82. The van der Waals surface area contributed by atoms with Crippen LogP contribution in [0.4, 0.5) is 0 Å². The van der Waals surface area contributed by atoms with Gasteiger partial charge >= 0.3 is 0 Å². The van der Waals surface area contributed by atoms with E-state index in [1.165, 1.54) is 19.3 Å². The minimum absolute atomic E-state index is 0.0138. The predicted octanol–water partition coefficient (Wildman–Crippen LogP) is 0.280. The van der Waals surface area contributed by atoms with Crippen molar-refractivity contribution in [3.63, 3.8) is 0 Å². The Balaban J connectivity index is 1.73. The number of amides is 1. The summed E-state index contributed by atoms with van der Waals surface area (Å²) in [6.45, 7) is 4.25. The molecule has 2 rings (SSSR count). The van der Waals surface area contributed by atoms with Crippen molar-refractivity contribution >= 4 is 5.91 Å². The second-order valence-electron chi connectivity index (χ2n) is 4.55. The normalized spacial score (nSPS) is 32.1. The summed E-state index contributed by atoms with van der Waals surface area (Å²) in [4.78, 5) is 11.8. The predicted molar refractivity (Wildman–Crippen MR) is 57.6 cm³/mol. The van der Waals surface area contributed by atoms with E-state index in [1.807, 2.05) is 6.92 Å². The molecule has 2 atom stereocenters. The van der Waals surface area contributed by atoms with E-state index in [2.05, 4.69) is 10.6 Å². The van der Waals surface area contributed by atoms with E-state index in [9.17, 15) is 4.79 Å². The van der Waals surface area contributed by atoms with Crippen molar-refractivity contribution in [2.75, 3.05) is 19.7 Å². The van der Waals surface area contributed by atoms with Crippen LogP contribution in [0.15, 0.2) is 0 Å². The van der Waals surface area contributed by atoms with E-state index in [4.69, 9.17) is 4.74 Å². The fraction of sp³-hybridized carbons (Fsp3) is 0.909. The zero-order valence-electron chi connectivity index (χ0n) is 9.29. The maximum atomic E-state index is 11.8. The first-order valence-corrected chi connectivity index (χ1v) is 5.90. The molecule has 1 aliphatic carbocycles. The minimum Gasteiger partial charge on any atom is -0.375 e. The third-order valence-electron chi connectivity index (χ3n) is 3.39. The SMILES string of the molecule is C[C@H]1OCCN[C@@H]1C(=O)NCC1CCC1. The van der Waals surface area contributed by atoms with Crippen molar-refractivity contribution in [1.82, 2.24) is 10.6 Å². The van der Waals surface area contributed by atoms with E-state index in [0.29, 0.717) is 12.5 Å². The first kappa shape index (κ1) is 10.9. The van der Waals surface area contributed by atoms with Crippen molar-refractivity contribution in [2.45, 2.75) is 38.3 Å². The minimum atomic E-state index is -0.168. The van der Waals surface area contributed by atoms with Crippen molar-refractivity contribution in [3.8, 4) is 0 Å². The van der Waals surface area contributed by atoms with Gasteiger partial charge in [0.05, 0.1) is 12.7 Å². The quantitative estimate of drug-likeness (QED) is 0.706. The summed E-state index contributed by atoms with van der Waals surface area (Å²) in [6.07, 6.45) is 3.84. The van der Waals surface area contributed by atoms with Crippen LogP contribution in [0.25, 0.3) is 0 Å². The summed E-state index contributed by atoms with van der Waals surface area (Å²) in [5.41, 5.74) is 0. The van der Waals surface area contributed by atoms with Gasteiger partial charge in [-0.25, -0.2) is 0 Å². The van der Waals surface area contributed by atoms with Crippen molar-refractivity contribution in [2.24, 2.45) is 5.92 Å². The average molecular weight is 212 g/mol. The fourth-order valence-electron chi connectivity index (χ4n) is 2.08. The number of morpholine rings is 1. The molecule has 2 N–H and O–H groups in total. The zero-order chi connectivity index (χ0) is 10.7. The highest BCUT2D eigenvalue weighted by Crippen LogP contribution is 2.25. The van der Waals surface area contributed by atoms with Crippen LogP contribution in [0, 0.1) is 5.92 Å². The van der Waals surface area contributed by atoms with E-state index < -0.39 is 0 Å². The van der Waals surface area contributed by atoms with Crippen LogP contribution >= 0.6 is 0 Å². The molecule has 4 nitrogen and oxygen atoms in total. The van der Waals surface area contributed by atoms with E-state index in [0.717, 1.165) is 13.1 Å². The number of carbonyl (C=O) groups is 1. The van der Waals surface area contributed by atoms with Crippen LogP contribution in [0.5, 0.6) is 0 Å². The molecule has 2 fully saturated rings. The lowest BCUT2D eigenvalue weighted by Gasteiger charge is -2.31. The molecule has 15 heavy (non-hydrogen) atoms. The maximum Gasteiger partial charge on any atom is 0.239 e. The summed E-state index contributed by atoms with van der Waals surface area (Å²) in [5, 5.41) is 6.19. The molecule has 0 bridgehead atoms. The van der Waals surface area contributed by atoms with Crippen molar-refractivity contribution in [3.05, 3.63) is 0 Å². The summed E-state index contributed by atoms with van der Waals surface area (Å²) in [7, 11) is 0. The van der Waals surface area contributed by atoms with Gasteiger partial charge in [-0.2, -0.15) is 0 Å². The van der Waals surface area contributed by atoms with Gasteiger partial charge in [-0.15, -0.1) is 0 Å². The van der Waals surface area contributed by atoms with Gasteiger partial charge in [-0.1, -0.05) is 6.42 Å². The molecule has 4 heteroatoms. The lowest BCUT2D eigenvalue weighted by Crippen LogP contribution is -2.56.